The first-order valence-corrected chi connectivity index (χ1v) is 29.5. The van der Waals surface area contributed by atoms with Crippen LogP contribution < -0.4 is 37.2 Å². The minimum Gasteiger partial charge on any atom is -0.361 e. The topological polar surface area (TPSA) is 275 Å². The minimum atomic E-state index is -1.43. The maximum absolute atomic E-state index is 15.7. The van der Waals surface area contributed by atoms with Crippen molar-refractivity contribution in [3.63, 3.8) is 0 Å². The lowest BCUT2D eigenvalue weighted by Gasteiger charge is -2.36. The fourth-order valence-corrected chi connectivity index (χ4v) is 12.6. The van der Waals surface area contributed by atoms with Gasteiger partial charge in [-0.25, -0.2) is 22.5 Å². The van der Waals surface area contributed by atoms with Crippen molar-refractivity contribution in [1.82, 2.24) is 61.6 Å². The number of thioether (sulfide) groups is 2. The van der Waals surface area contributed by atoms with Crippen LogP contribution in [-0.4, -0.2) is 151 Å². The third kappa shape index (κ3) is 14.9. The number of benzene rings is 3. The second-order valence-corrected chi connectivity index (χ2v) is 23.6. The third-order valence-electron chi connectivity index (χ3n) is 14.7. The number of halogens is 4. The van der Waals surface area contributed by atoms with E-state index in [0.29, 0.717) is 52.3 Å². The van der Waals surface area contributed by atoms with E-state index >= 15 is 13.2 Å². The number of imidazole rings is 1. The van der Waals surface area contributed by atoms with Crippen LogP contribution in [-0.2, 0) is 57.6 Å². The molecule has 8 amide bonds. The quantitative estimate of drug-likeness (QED) is 0.0500. The second-order valence-electron chi connectivity index (χ2n) is 20.8. The van der Waals surface area contributed by atoms with Crippen LogP contribution in [0.5, 0.6) is 0 Å². The van der Waals surface area contributed by atoms with E-state index in [9.17, 15) is 42.7 Å². The monoisotopic (exact) mass is 1200 g/mol. The average Bonchev–Trinajstić information content (AvgIpc) is 4.35. The number of carbonyl (C=O) groups excluding carboxylic acids is 8. The lowest BCUT2D eigenvalue weighted by molar-refractivity contribution is -0.146. The number of H-pyrrole nitrogens is 3. The van der Waals surface area contributed by atoms with Gasteiger partial charge >= 0.3 is 0 Å². The average molecular weight is 1210 g/mol. The van der Waals surface area contributed by atoms with Crippen molar-refractivity contribution in [2.75, 3.05) is 44.7 Å². The van der Waals surface area contributed by atoms with E-state index in [-0.39, 0.29) is 73.3 Å². The highest BCUT2D eigenvalue weighted by Gasteiger charge is 2.47. The summed E-state index contributed by atoms with van der Waals surface area (Å²) in [5.74, 6) is -9.85. The molecule has 2 unspecified atom stereocenters. The summed E-state index contributed by atoms with van der Waals surface area (Å²) in [6, 6.07) is 4.25. The van der Waals surface area contributed by atoms with Crippen LogP contribution in [0.2, 0.25) is 0 Å². The fraction of sp³-hybridized carbons (Fsp3) is 0.411. The van der Waals surface area contributed by atoms with Gasteiger partial charge in [0.25, 0.3) is 0 Å². The number of likely N-dealkylation sites (N-methyl/N-ethyl adjacent to an activating group) is 1. The van der Waals surface area contributed by atoms with Gasteiger partial charge in [-0.15, -0.1) is 32.8 Å². The zero-order chi connectivity index (χ0) is 59.7. The molecule has 27 heteroatoms. The van der Waals surface area contributed by atoms with Crippen molar-refractivity contribution in [3.8, 4) is 0 Å². The smallest absolute Gasteiger partial charge is 0.245 e. The zero-order valence-corrected chi connectivity index (χ0v) is 48.8. The molecule has 0 aliphatic carbocycles. The number of aromatic nitrogens is 4. The predicted molar refractivity (Wildman–Crippen MR) is 308 cm³/mol. The molecule has 0 radical (unpaired) electrons. The van der Waals surface area contributed by atoms with Crippen LogP contribution in [0.3, 0.4) is 0 Å². The standard InChI is InChI=1S/C56H65F4N12O8PS2/c1-29-9-11-37-35(18-29)31(23-63-37)19-39-51(76)65-26-42(73)68-41(22-34-25-61-28-66-34)52(77)67-30(2)54(79)72-15-7-13-56(72,3)55(80)62-14-17-83-49-45(58)46(59)50(48(81)47(49)60)82-16-6-5-8-44(75)71(4)27-43(74)69-40(53(78)70-39)20-32-24-64-38-12-10-33(57)21-36(32)38/h9-12,18,21,23-25,28,30,39-41,63-64H,5-8,13-17,19-20,22,26-27,81H2,1-4H3,(H,61,66)(H,62,80)(H,65,76)(H,67,77)(H,68,73)(H,69,74)(H,70,78)/t30-,39?,40-,41-,56-/m0/s1. The molecule has 83 heavy (non-hydrogen) atoms. The van der Waals surface area contributed by atoms with E-state index in [4.69, 9.17) is 0 Å². The Hall–Kier alpha value is -7.44. The number of fused-ring (bicyclic) bond motifs is 31. The normalized spacial score (nSPS) is 22.3. The molecule has 6 atom stereocenters. The molecule has 3 aliphatic heterocycles. The third-order valence-corrected chi connectivity index (χ3v) is 17.7. The van der Waals surface area contributed by atoms with Gasteiger partial charge in [0.1, 0.15) is 41.3 Å². The van der Waals surface area contributed by atoms with Crippen LogP contribution in [0, 0.1) is 30.2 Å². The Morgan fingerprint density at radius 2 is 1.35 bits per heavy atom. The summed E-state index contributed by atoms with van der Waals surface area (Å²) in [6.07, 6.45) is 6.72. The summed E-state index contributed by atoms with van der Waals surface area (Å²) in [5, 5.41) is 17.0. The highest BCUT2D eigenvalue weighted by atomic mass is 32.2. The summed E-state index contributed by atoms with van der Waals surface area (Å²) in [6.45, 7) is 3.69. The van der Waals surface area contributed by atoms with Crippen LogP contribution in [0.1, 0.15) is 68.3 Å². The first-order chi connectivity index (χ1) is 39.6. The highest BCUT2D eigenvalue weighted by Crippen LogP contribution is 2.35. The Labute approximate surface area is 485 Å². The summed E-state index contributed by atoms with van der Waals surface area (Å²) in [5.41, 5.74) is 2.25. The van der Waals surface area contributed by atoms with Gasteiger partial charge in [0, 0.05) is 103 Å². The largest absolute Gasteiger partial charge is 0.361 e. The number of aryl methyl sites for hydroxylation is 1. The molecule has 6 aromatic rings. The van der Waals surface area contributed by atoms with Crippen LogP contribution in [0.25, 0.3) is 21.8 Å². The van der Waals surface area contributed by atoms with Crippen molar-refractivity contribution in [1.29, 1.82) is 0 Å². The van der Waals surface area contributed by atoms with E-state index in [1.165, 1.54) is 49.6 Å². The molecule has 1 fully saturated rings. The van der Waals surface area contributed by atoms with Gasteiger partial charge in [0.2, 0.25) is 47.3 Å². The Morgan fingerprint density at radius 1 is 0.711 bits per heavy atom. The Bertz CT molecular complexity index is 3410. The van der Waals surface area contributed by atoms with Crippen molar-refractivity contribution >= 4 is 107 Å². The molecule has 0 spiro atoms. The minimum absolute atomic E-state index is 0.0624. The molecule has 0 saturated carbocycles. The van der Waals surface area contributed by atoms with Crippen molar-refractivity contribution < 1.29 is 55.9 Å². The fourth-order valence-electron chi connectivity index (χ4n) is 10.1. The molecule has 3 aliphatic rings. The van der Waals surface area contributed by atoms with Gasteiger partial charge in [-0.3, -0.25) is 38.4 Å². The molecule has 3 aromatic carbocycles. The molecular formula is C56H65F4N12O8PS2. The number of nitrogens with zero attached hydrogens (tertiary/aromatic N) is 3. The SMILES string of the molecule is Cc1ccc2[nH]cc(CC3NC(=O)[C@H](Cc4c[nH]c5ccc(F)cc45)NC(=O)CN(C)C(=O)CCCCSc4c(F)c(F)c(c(F)c4P)SCCNC(=O)[C@]4(C)CCCN4C(=O)[C@H](C)NC(=O)[C@H](Cc4cnc[nH]4)NC(=O)CNC3=O)c2c1. The van der Waals surface area contributed by atoms with Gasteiger partial charge in [0.05, 0.1) is 29.2 Å². The van der Waals surface area contributed by atoms with Crippen LogP contribution in [0.15, 0.2) is 71.1 Å². The van der Waals surface area contributed by atoms with E-state index in [1.54, 1.807) is 19.3 Å². The predicted octanol–water partition coefficient (Wildman–Crippen LogP) is 3.86. The molecule has 9 N–H and O–H groups in total. The molecule has 2 bridgehead atoms. The highest BCUT2D eigenvalue weighted by molar-refractivity contribution is 8.00. The van der Waals surface area contributed by atoms with Crippen molar-refractivity contribution in [2.45, 2.75) is 112 Å². The van der Waals surface area contributed by atoms with E-state index in [0.717, 1.165) is 33.1 Å². The number of amides is 8. The zero-order valence-electron chi connectivity index (χ0n) is 46.0. The molecule has 1 saturated heterocycles. The van der Waals surface area contributed by atoms with Crippen LogP contribution in [0.4, 0.5) is 17.6 Å². The Kier molecular flexibility index (Phi) is 20.3. The summed E-state index contributed by atoms with van der Waals surface area (Å²) in [7, 11) is 3.49. The second kappa shape index (κ2) is 27.3. The number of hydrogen-bond donors (Lipinski definition) is 9. The summed E-state index contributed by atoms with van der Waals surface area (Å²) >= 11 is 1.53. The lowest BCUT2D eigenvalue weighted by Crippen LogP contribution is -2.60. The van der Waals surface area contributed by atoms with E-state index in [2.05, 4.69) is 61.1 Å². The maximum Gasteiger partial charge on any atom is 0.245 e. The molecule has 9 rings (SSSR count). The van der Waals surface area contributed by atoms with Gasteiger partial charge in [0.15, 0.2) is 11.6 Å². The van der Waals surface area contributed by atoms with Crippen molar-refractivity contribution in [2.24, 2.45) is 0 Å². The number of carbonyl (C=O) groups is 8. The summed E-state index contributed by atoms with van der Waals surface area (Å²) < 4.78 is 61.4. The Balaban J connectivity index is 1.07. The van der Waals surface area contributed by atoms with Gasteiger partial charge in [-0.1, -0.05) is 11.6 Å². The van der Waals surface area contributed by atoms with Gasteiger partial charge in [-0.2, -0.15) is 0 Å². The van der Waals surface area contributed by atoms with E-state index < -0.39 is 118 Å². The van der Waals surface area contributed by atoms with Gasteiger partial charge in [-0.05, 0) is 93.7 Å². The molecule has 20 nitrogen and oxygen atoms in total. The first-order valence-electron chi connectivity index (χ1n) is 26.9. The van der Waals surface area contributed by atoms with Gasteiger partial charge < -0.3 is 56.7 Å². The lowest BCUT2D eigenvalue weighted by atomic mass is 9.97. The first kappa shape index (κ1) is 61.6. The number of aromatic amines is 3. The molecule has 6 heterocycles. The Morgan fingerprint density at radius 3 is 2.06 bits per heavy atom. The summed E-state index contributed by atoms with van der Waals surface area (Å²) in [4.78, 5) is 127. The number of nitrogens with one attached hydrogen (secondary N) is 9. The molecule has 442 valence electrons. The van der Waals surface area contributed by atoms with E-state index in [1.807, 2.05) is 25.1 Å². The molecule has 3 aromatic heterocycles. The van der Waals surface area contributed by atoms with Crippen molar-refractivity contribution in [3.05, 3.63) is 107 Å². The molecular weight excluding hydrogens is 1140 g/mol. The van der Waals surface area contributed by atoms with Crippen LogP contribution >= 0.6 is 32.8 Å². The maximum atomic E-state index is 15.7. The number of rotatable bonds is 6. The number of hydrogen-bond acceptors (Lipinski definition) is 11.